The summed E-state index contributed by atoms with van der Waals surface area (Å²) in [5.41, 5.74) is 2.02. The first-order valence-electron chi connectivity index (χ1n) is 9.53. The second kappa shape index (κ2) is 9.94. The van der Waals surface area contributed by atoms with Gasteiger partial charge in [0.2, 0.25) is 0 Å². The van der Waals surface area contributed by atoms with E-state index in [9.17, 15) is 9.59 Å². The molecule has 1 aromatic heterocycles. The number of anilines is 2. The molecule has 0 fully saturated rings. The fourth-order valence-corrected chi connectivity index (χ4v) is 3.47. The number of benzene rings is 2. The average molecular weight is 442 g/mol. The number of methoxy groups -OCH3 is 1. The zero-order valence-corrected chi connectivity index (χ0v) is 18.2. The minimum Gasteiger partial charge on any atom is -0.496 e. The summed E-state index contributed by atoms with van der Waals surface area (Å²) >= 11 is 0.891. The second-order valence-electron chi connectivity index (χ2n) is 6.87. The Morgan fingerprint density at radius 3 is 2.65 bits per heavy atom. The lowest BCUT2D eigenvalue weighted by molar-refractivity contribution is 0.0701. The van der Waals surface area contributed by atoms with E-state index >= 15 is 0 Å². The van der Waals surface area contributed by atoms with Crippen molar-refractivity contribution in [2.75, 3.05) is 17.7 Å². The van der Waals surface area contributed by atoms with Gasteiger partial charge in [-0.1, -0.05) is 29.5 Å². The molecule has 0 aliphatic rings. The van der Waals surface area contributed by atoms with Crippen molar-refractivity contribution in [1.29, 1.82) is 0 Å². The van der Waals surface area contributed by atoms with Gasteiger partial charge in [0.1, 0.15) is 16.4 Å². The molecule has 1 amide bonds. The molecule has 0 spiro atoms. The third kappa shape index (κ3) is 5.95. The summed E-state index contributed by atoms with van der Waals surface area (Å²) in [6.45, 7) is 4.29. The summed E-state index contributed by atoms with van der Waals surface area (Å²) in [6, 6.07) is 12.8. The fraction of sp³-hybridized carbons (Fsp3) is 0.227. The van der Waals surface area contributed by atoms with Gasteiger partial charge < -0.3 is 19.9 Å². The van der Waals surface area contributed by atoms with E-state index in [2.05, 4.69) is 15.6 Å². The molecule has 31 heavy (non-hydrogen) atoms. The molecule has 3 rings (SSSR count). The quantitative estimate of drug-likeness (QED) is 0.448. The van der Waals surface area contributed by atoms with Crippen molar-refractivity contribution in [3.8, 4) is 11.5 Å². The van der Waals surface area contributed by atoms with Gasteiger partial charge in [0.15, 0.2) is 5.13 Å². The number of nitrogens with zero attached hydrogens (tertiary/aromatic N) is 1. The molecule has 0 atom stereocenters. The fourth-order valence-electron chi connectivity index (χ4n) is 2.82. The Hall–Kier alpha value is -3.59. The van der Waals surface area contributed by atoms with Crippen LogP contribution >= 0.6 is 11.3 Å². The van der Waals surface area contributed by atoms with Crippen LogP contribution in [0.25, 0.3) is 0 Å². The Labute approximate surface area is 183 Å². The van der Waals surface area contributed by atoms with Gasteiger partial charge in [-0.15, -0.1) is 0 Å². The maximum absolute atomic E-state index is 12.8. The van der Waals surface area contributed by atoms with E-state index in [1.165, 1.54) is 6.20 Å². The number of carbonyl (C=O) groups is 2. The van der Waals surface area contributed by atoms with Crippen LogP contribution in [0.4, 0.5) is 10.8 Å². The first-order valence-corrected chi connectivity index (χ1v) is 10.4. The van der Waals surface area contributed by atoms with E-state index in [0.717, 1.165) is 22.6 Å². The molecule has 3 aromatic rings. The van der Waals surface area contributed by atoms with Crippen LogP contribution < -0.4 is 20.1 Å². The lowest BCUT2D eigenvalue weighted by atomic mass is 10.1. The third-order valence-corrected chi connectivity index (χ3v) is 5.05. The van der Waals surface area contributed by atoms with Crippen molar-refractivity contribution in [1.82, 2.24) is 4.98 Å². The lowest BCUT2D eigenvalue weighted by Crippen LogP contribution is -2.13. The number of carbonyl (C=O) groups excluding carboxylic acids is 1. The van der Waals surface area contributed by atoms with Gasteiger partial charge in [0.05, 0.1) is 19.4 Å². The summed E-state index contributed by atoms with van der Waals surface area (Å²) in [4.78, 5) is 27.8. The molecule has 1 heterocycles. The molecule has 0 radical (unpaired) electrons. The van der Waals surface area contributed by atoms with Crippen molar-refractivity contribution < 1.29 is 24.2 Å². The van der Waals surface area contributed by atoms with Crippen LogP contribution in [-0.4, -0.2) is 35.2 Å². The van der Waals surface area contributed by atoms with E-state index in [-0.39, 0.29) is 16.1 Å². The predicted molar refractivity (Wildman–Crippen MR) is 120 cm³/mol. The number of nitrogens with one attached hydrogen (secondary N) is 2. The van der Waals surface area contributed by atoms with Crippen LogP contribution in [-0.2, 0) is 6.54 Å². The van der Waals surface area contributed by atoms with Crippen molar-refractivity contribution in [3.05, 3.63) is 64.7 Å². The normalized spacial score (nSPS) is 10.6. The molecule has 3 N–H and O–H groups in total. The summed E-state index contributed by atoms with van der Waals surface area (Å²) < 4.78 is 11.2. The molecular weight excluding hydrogens is 418 g/mol. The van der Waals surface area contributed by atoms with Gasteiger partial charge in [0, 0.05) is 29.4 Å². The highest BCUT2D eigenvalue weighted by Crippen LogP contribution is 2.26. The molecule has 9 heteroatoms. The van der Waals surface area contributed by atoms with Crippen LogP contribution in [0.2, 0.25) is 0 Å². The topological polar surface area (TPSA) is 110 Å². The summed E-state index contributed by atoms with van der Waals surface area (Å²) in [7, 11) is 1.62. The molecule has 0 aliphatic heterocycles. The molecule has 0 saturated heterocycles. The zero-order valence-electron chi connectivity index (χ0n) is 17.3. The predicted octanol–water partition coefficient (Wildman–Crippen LogP) is 4.50. The Morgan fingerprint density at radius 2 is 1.97 bits per heavy atom. The average Bonchev–Trinajstić information content (AvgIpc) is 3.20. The Balaban J connectivity index is 1.81. The van der Waals surface area contributed by atoms with Gasteiger partial charge in [-0.2, -0.15) is 0 Å². The van der Waals surface area contributed by atoms with Crippen molar-refractivity contribution in [2.45, 2.75) is 26.5 Å². The first kappa shape index (κ1) is 22.1. The van der Waals surface area contributed by atoms with Crippen molar-refractivity contribution in [2.24, 2.45) is 0 Å². The Morgan fingerprint density at radius 1 is 1.19 bits per heavy atom. The van der Waals surface area contributed by atoms with Crippen molar-refractivity contribution in [3.63, 3.8) is 0 Å². The number of thiazole rings is 1. The number of carboxylic acid groups (broad SMARTS) is 1. The molecule has 2 aromatic carbocycles. The summed E-state index contributed by atoms with van der Waals surface area (Å²) in [5, 5.41) is 15.2. The number of amides is 1. The number of hydrogen-bond acceptors (Lipinski definition) is 7. The lowest BCUT2D eigenvalue weighted by Gasteiger charge is -2.15. The molecule has 0 aliphatic carbocycles. The van der Waals surface area contributed by atoms with E-state index in [1.54, 1.807) is 19.2 Å². The van der Waals surface area contributed by atoms with Gasteiger partial charge >= 0.3 is 5.97 Å². The van der Waals surface area contributed by atoms with E-state index in [1.807, 2.05) is 44.2 Å². The van der Waals surface area contributed by atoms with Crippen LogP contribution in [0.5, 0.6) is 11.5 Å². The highest BCUT2D eigenvalue weighted by atomic mass is 32.1. The van der Waals surface area contributed by atoms with Gasteiger partial charge in [0.25, 0.3) is 5.91 Å². The standard InChI is InChI=1S/C22H23N3O5S/c1-13(2)30-17-9-15(20(26)25-22-24-12-19(31-22)21(27)28)8-16(10-17)23-11-14-6-4-5-7-18(14)29-3/h4-10,12-13,23H,11H2,1-3H3,(H,27,28)(H,24,25,26). The number of ether oxygens (including phenoxy) is 2. The molecule has 0 bridgehead atoms. The summed E-state index contributed by atoms with van der Waals surface area (Å²) in [6.07, 6.45) is 1.14. The number of para-hydroxylation sites is 1. The van der Waals surface area contributed by atoms with E-state index in [4.69, 9.17) is 14.6 Å². The first-order chi connectivity index (χ1) is 14.9. The SMILES string of the molecule is COc1ccccc1CNc1cc(OC(C)C)cc(C(=O)Nc2ncc(C(=O)O)s2)c1. The number of carboxylic acids is 1. The third-order valence-electron chi connectivity index (χ3n) is 4.15. The van der Waals surface area contributed by atoms with Crippen LogP contribution in [0.1, 0.15) is 39.4 Å². The minimum absolute atomic E-state index is 0.0476. The Kier molecular flexibility index (Phi) is 7.09. The highest BCUT2D eigenvalue weighted by molar-refractivity contribution is 7.17. The highest BCUT2D eigenvalue weighted by Gasteiger charge is 2.15. The van der Waals surface area contributed by atoms with Crippen molar-refractivity contribution >= 4 is 34.0 Å². The second-order valence-corrected chi connectivity index (χ2v) is 7.90. The number of aromatic carboxylic acids is 1. The zero-order chi connectivity index (χ0) is 22.4. The van der Waals surface area contributed by atoms with Crippen LogP contribution in [0.3, 0.4) is 0 Å². The molecule has 0 unspecified atom stereocenters. The van der Waals surface area contributed by atoms with Gasteiger partial charge in [-0.05, 0) is 32.0 Å². The summed E-state index contributed by atoms with van der Waals surface area (Å²) in [5.74, 6) is -0.204. The molecule has 8 nitrogen and oxygen atoms in total. The van der Waals surface area contributed by atoms with Gasteiger partial charge in [-0.25, -0.2) is 9.78 Å². The Bertz CT molecular complexity index is 1080. The van der Waals surface area contributed by atoms with Crippen LogP contribution in [0, 0.1) is 0 Å². The van der Waals surface area contributed by atoms with E-state index in [0.29, 0.717) is 23.5 Å². The molecule has 162 valence electrons. The maximum Gasteiger partial charge on any atom is 0.347 e. The number of aromatic nitrogens is 1. The van der Waals surface area contributed by atoms with Gasteiger partial charge in [-0.3, -0.25) is 10.1 Å². The smallest absolute Gasteiger partial charge is 0.347 e. The monoisotopic (exact) mass is 441 g/mol. The molecular formula is C22H23N3O5S. The largest absolute Gasteiger partial charge is 0.496 e. The van der Waals surface area contributed by atoms with Crippen LogP contribution in [0.15, 0.2) is 48.7 Å². The minimum atomic E-state index is -1.09. The number of hydrogen-bond donors (Lipinski definition) is 3. The number of rotatable bonds is 9. The maximum atomic E-state index is 12.8. The van der Waals surface area contributed by atoms with E-state index < -0.39 is 11.9 Å². The molecule has 0 saturated carbocycles.